The van der Waals surface area contributed by atoms with E-state index in [4.69, 9.17) is 13.9 Å². The lowest BCUT2D eigenvalue weighted by Crippen LogP contribution is -2.40. The van der Waals surface area contributed by atoms with Gasteiger partial charge in [0.05, 0.1) is 13.5 Å². The molecule has 1 aromatic heterocycles. The van der Waals surface area contributed by atoms with Gasteiger partial charge in [0.2, 0.25) is 0 Å². The Balaban J connectivity index is 1.26. The molecule has 0 unspecified atom stereocenters. The minimum Gasteiger partial charge on any atom is -0.496 e. The van der Waals surface area contributed by atoms with Gasteiger partial charge in [0.15, 0.2) is 18.1 Å². The Morgan fingerprint density at radius 1 is 1.16 bits per heavy atom. The van der Waals surface area contributed by atoms with Gasteiger partial charge >= 0.3 is 5.97 Å². The zero-order valence-corrected chi connectivity index (χ0v) is 17.8. The van der Waals surface area contributed by atoms with Crippen LogP contribution < -0.4 is 4.74 Å². The molecule has 2 heterocycles. The van der Waals surface area contributed by atoms with Crippen molar-refractivity contribution in [2.45, 2.75) is 32.1 Å². The zero-order valence-electron chi connectivity index (χ0n) is 17.8. The lowest BCUT2D eigenvalue weighted by atomic mass is 9.97. The molecule has 0 atom stereocenters. The lowest BCUT2D eigenvalue weighted by Gasteiger charge is -2.30. The fraction of sp³-hybridized carbons (Fsp3) is 0.375. The van der Waals surface area contributed by atoms with Crippen LogP contribution in [-0.4, -0.2) is 48.6 Å². The van der Waals surface area contributed by atoms with E-state index >= 15 is 0 Å². The number of benzene rings is 2. The quantitative estimate of drug-likeness (QED) is 0.564. The first-order chi connectivity index (χ1) is 15.0. The number of piperidine rings is 1. The first-order valence-corrected chi connectivity index (χ1v) is 10.5. The summed E-state index contributed by atoms with van der Waals surface area (Å²) in [5.74, 6) is 0.925. The van der Waals surface area contributed by atoms with Crippen molar-refractivity contribution in [3.8, 4) is 5.75 Å². The van der Waals surface area contributed by atoms with Crippen LogP contribution in [0, 0.1) is 6.92 Å². The van der Waals surface area contributed by atoms with Crippen LogP contribution in [0.15, 0.2) is 46.9 Å². The standard InChI is InChI=1S/C24H26N2O5/c1-16-7-8-20(29-2)18(13-16)14-23(28)30-15-22(27)26-11-9-17(10-12-26)24-25-19-5-3-4-6-21(19)31-24/h3-8,13,17H,9-12,14-15H2,1-2H3. The second-order valence-electron chi connectivity index (χ2n) is 7.83. The normalized spacial score (nSPS) is 14.6. The Kier molecular flexibility index (Phi) is 6.21. The summed E-state index contributed by atoms with van der Waals surface area (Å²) in [7, 11) is 1.56. The van der Waals surface area contributed by atoms with Gasteiger partial charge in [-0.25, -0.2) is 4.98 Å². The minimum atomic E-state index is -0.446. The van der Waals surface area contributed by atoms with E-state index in [0.717, 1.165) is 41.0 Å². The third-order valence-corrected chi connectivity index (χ3v) is 5.63. The van der Waals surface area contributed by atoms with Crippen molar-refractivity contribution in [1.82, 2.24) is 9.88 Å². The molecule has 0 spiro atoms. The maximum atomic E-state index is 12.5. The molecule has 0 saturated carbocycles. The van der Waals surface area contributed by atoms with Gasteiger partial charge in [-0.1, -0.05) is 29.8 Å². The third kappa shape index (κ3) is 4.87. The molecule has 1 aliphatic heterocycles. The molecule has 162 valence electrons. The number of aromatic nitrogens is 1. The molecule has 0 radical (unpaired) electrons. The number of nitrogens with zero attached hydrogens (tertiary/aromatic N) is 2. The highest BCUT2D eigenvalue weighted by atomic mass is 16.5. The summed E-state index contributed by atoms with van der Waals surface area (Å²) in [5.41, 5.74) is 3.42. The van der Waals surface area contributed by atoms with Crippen molar-refractivity contribution >= 4 is 23.0 Å². The maximum Gasteiger partial charge on any atom is 0.310 e. The van der Waals surface area contributed by atoms with Crippen molar-refractivity contribution in [3.63, 3.8) is 0 Å². The third-order valence-electron chi connectivity index (χ3n) is 5.63. The van der Waals surface area contributed by atoms with E-state index in [1.54, 1.807) is 12.0 Å². The number of hydrogen-bond donors (Lipinski definition) is 0. The Bertz CT molecular complexity index is 1050. The second-order valence-corrected chi connectivity index (χ2v) is 7.83. The molecule has 1 amide bonds. The van der Waals surface area contributed by atoms with Gasteiger partial charge in [-0.2, -0.15) is 0 Å². The van der Waals surface area contributed by atoms with Crippen LogP contribution >= 0.6 is 0 Å². The fourth-order valence-corrected chi connectivity index (χ4v) is 3.93. The average Bonchev–Trinajstić information content (AvgIpc) is 3.22. The molecule has 0 N–H and O–H groups in total. The van der Waals surface area contributed by atoms with Gasteiger partial charge < -0.3 is 18.8 Å². The van der Waals surface area contributed by atoms with E-state index in [-0.39, 0.29) is 24.9 Å². The molecule has 1 aliphatic rings. The molecule has 1 fully saturated rings. The molecule has 2 aromatic carbocycles. The molecular weight excluding hydrogens is 396 g/mol. The summed E-state index contributed by atoms with van der Waals surface area (Å²) in [6.07, 6.45) is 1.61. The molecule has 31 heavy (non-hydrogen) atoms. The highest BCUT2D eigenvalue weighted by Crippen LogP contribution is 2.30. The van der Waals surface area contributed by atoms with Crippen LogP contribution in [0.2, 0.25) is 0 Å². The SMILES string of the molecule is COc1ccc(C)cc1CC(=O)OCC(=O)N1CCC(c2nc3ccccc3o2)CC1. The van der Waals surface area contributed by atoms with E-state index in [1.165, 1.54) is 0 Å². The summed E-state index contributed by atoms with van der Waals surface area (Å²) in [5, 5.41) is 0. The van der Waals surface area contributed by atoms with Crippen LogP contribution in [0.5, 0.6) is 5.75 Å². The number of carbonyl (C=O) groups excluding carboxylic acids is 2. The maximum absolute atomic E-state index is 12.5. The van der Waals surface area contributed by atoms with E-state index in [9.17, 15) is 9.59 Å². The van der Waals surface area contributed by atoms with Gasteiger partial charge in [0, 0.05) is 24.6 Å². The largest absolute Gasteiger partial charge is 0.496 e. The van der Waals surface area contributed by atoms with Gasteiger partial charge in [0.1, 0.15) is 11.3 Å². The first-order valence-electron chi connectivity index (χ1n) is 10.5. The summed E-state index contributed by atoms with van der Waals surface area (Å²) in [4.78, 5) is 31.0. The van der Waals surface area contributed by atoms with Crippen molar-refractivity contribution in [2.24, 2.45) is 0 Å². The van der Waals surface area contributed by atoms with Crippen molar-refractivity contribution in [2.75, 3.05) is 26.8 Å². The summed E-state index contributed by atoms with van der Waals surface area (Å²) in [6, 6.07) is 13.3. The number of para-hydroxylation sites is 2. The predicted molar refractivity (Wildman–Crippen MR) is 115 cm³/mol. The Morgan fingerprint density at radius 3 is 2.68 bits per heavy atom. The number of aryl methyl sites for hydroxylation is 1. The smallest absolute Gasteiger partial charge is 0.310 e. The van der Waals surface area contributed by atoms with Gasteiger partial charge in [-0.3, -0.25) is 9.59 Å². The molecule has 7 nitrogen and oxygen atoms in total. The van der Waals surface area contributed by atoms with Crippen molar-refractivity contribution in [1.29, 1.82) is 0 Å². The monoisotopic (exact) mass is 422 g/mol. The van der Waals surface area contributed by atoms with Crippen LogP contribution in [0.1, 0.15) is 35.8 Å². The van der Waals surface area contributed by atoms with E-state index in [1.807, 2.05) is 49.4 Å². The number of esters is 1. The summed E-state index contributed by atoms with van der Waals surface area (Å²) < 4.78 is 16.4. The molecular formula is C24H26N2O5. The number of hydrogen-bond acceptors (Lipinski definition) is 6. The van der Waals surface area contributed by atoms with Gasteiger partial charge in [-0.05, 0) is 38.0 Å². The zero-order chi connectivity index (χ0) is 21.8. The highest BCUT2D eigenvalue weighted by molar-refractivity contribution is 5.81. The number of carbonyl (C=O) groups is 2. The van der Waals surface area contributed by atoms with Crippen LogP contribution in [-0.2, 0) is 20.7 Å². The number of rotatable bonds is 6. The Morgan fingerprint density at radius 2 is 1.94 bits per heavy atom. The second kappa shape index (κ2) is 9.20. The van der Waals surface area contributed by atoms with Crippen LogP contribution in [0.3, 0.4) is 0 Å². The number of likely N-dealkylation sites (tertiary alicyclic amines) is 1. The first kappa shape index (κ1) is 20.9. The number of methoxy groups -OCH3 is 1. The number of fused-ring (bicyclic) bond motifs is 1. The van der Waals surface area contributed by atoms with Gasteiger partial charge in [-0.15, -0.1) is 0 Å². The molecule has 4 rings (SSSR count). The topological polar surface area (TPSA) is 81.9 Å². The predicted octanol–water partition coefficient (Wildman–Crippen LogP) is 3.64. The summed E-state index contributed by atoms with van der Waals surface area (Å²) >= 11 is 0. The van der Waals surface area contributed by atoms with Gasteiger partial charge in [0.25, 0.3) is 5.91 Å². The van der Waals surface area contributed by atoms with Crippen molar-refractivity contribution < 1.29 is 23.5 Å². The number of amides is 1. The fourth-order valence-electron chi connectivity index (χ4n) is 3.93. The van der Waals surface area contributed by atoms with Crippen LogP contribution in [0.4, 0.5) is 0 Å². The van der Waals surface area contributed by atoms with E-state index < -0.39 is 5.97 Å². The Labute approximate surface area is 181 Å². The molecule has 0 bridgehead atoms. The van der Waals surface area contributed by atoms with Crippen LogP contribution in [0.25, 0.3) is 11.1 Å². The van der Waals surface area contributed by atoms with E-state index in [0.29, 0.717) is 18.8 Å². The highest BCUT2D eigenvalue weighted by Gasteiger charge is 2.27. The molecule has 3 aromatic rings. The molecule has 7 heteroatoms. The average molecular weight is 422 g/mol. The molecule has 0 aliphatic carbocycles. The van der Waals surface area contributed by atoms with Crippen molar-refractivity contribution in [3.05, 3.63) is 59.5 Å². The number of oxazole rings is 1. The number of ether oxygens (including phenoxy) is 2. The lowest BCUT2D eigenvalue weighted by molar-refractivity contribution is -0.152. The minimum absolute atomic E-state index is 0.0674. The summed E-state index contributed by atoms with van der Waals surface area (Å²) in [6.45, 7) is 2.87. The van der Waals surface area contributed by atoms with E-state index in [2.05, 4.69) is 4.98 Å². The molecule has 1 saturated heterocycles. The Hall–Kier alpha value is -3.35.